The van der Waals surface area contributed by atoms with E-state index >= 15 is 0 Å². The second kappa shape index (κ2) is 11.0. The highest BCUT2D eigenvalue weighted by Gasteiger charge is 2.29. The molecule has 2 aliphatic rings. The van der Waals surface area contributed by atoms with Crippen LogP contribution in [0.3, 0.4) is 0 Å². The number of carbonyl (C=O) groups excluding carboxylic acids is 1. The maximum atomic E-state index is 12.8. The second-order valence-electron chi connectivity index (χ2n) is 9.18. The van der Waals surface area contributed by atoms with Crippen LogP contribution in [0.25, 0.3) is 0 Å². The first-order chi connectivity index (χ1) is 17.1. The molecule has 35 heavy (non-hydrogen) atoms. The van der Waals surface area contributed by atoms with Crippen molar-refractivity contribution < 1.29 is 19.4 Å². The maximum Gasteiger partial charge on any atom is 0.254 e. The van der Waals surface area contributed by atoms with Crippen LogP contribution in [0.5, 0.6) is 5.75 Å². The quantitative estimate of drug-likeness (QED) is 0.631. The van der Waals surface area contributed by atoms with Gasteiger partial charge in [-0.1, -0.05) is 30.3 Å². The normalized spacial score (nSPS) is 17.6. The van der Waals surface area contributed by atoms with Crippen molar-refractivity contribution in [1.29, 1.82) is 0 Å². The van der Waals surface area contributed by atoms with E-state index in [1.54, 1.807) is 4.90 Å². The van der Waals surface area contributed by atoms with Crippen LogP contribution in [0.1, 0.15) is 32.7 Å². The monoisotopic (exact) mass is 473 g/mol. The molecule has 182 valence electrons. The Labute approximate surface area is 205 Å². The predicted molar refractivity (Wildman–Crippen MR) is 132 cm³/mol. The predicted octanol–water partition coefficient (Wildman–Crippen LogP) is 2.90. The standard InChI is InChI=1S/C28H31N3O4/c32-26-19-31(20-26)28(33)23-7-8-27-24(16-23)15-21-4-3-5-22(14-21)17-30(10-11-34-12-13-35-27)18-25-6-1-2-9-29-25/h1-9,14,16,26,32H,10-13,15,17-20H2. The second-order valence-corrected chi connectivity index (χ2v) is 9.18. The lowest BCUT2D eigenvalue weighted by atomic mass is 9.99. The van der Waals surface area contributed by atoms with Crippen LogP contribution in [0.2, 0.25) is 0 Å². The molecule has 1 saturated heterocycles. The number of amides is 1. The van der Waals surface area contributed by atoms with Gasteiger partial charge in [0.1, 0.15) is 12.4 Å². The zero-order valence-corrected chi connectivity index (χ0v) is 19.8. The number of likely N-dealkylation sites (tertiary alicyclic amines) is 1. The molecule has 2 aliphatic heterocycles. The van der Waals surface area contributed by atoms with Gasteiger partial charge >= 0.3 is 0 Å². The highest BCUT2D eigenvalue weighted by Crippen LogP contribution is 2.26. The molecule has 0 saturated carbocycles. The van der Waals surface area contributed by atoms with E-state index in [0.717, 1.165) is 36.6 Å². The number of β-amino-alcohol motifs (C(OH)–C–C–N with tert-alkyl or cyclic N) is 1. The van der Waals surface area contributed by atoms with Crippen molar-refractivity contribution in [3.8, 4) is 5.75 Å². The third kappa shape index (κ3) is 6.06. The molecule has 2 bridgehead atoms. The molecule has 1 amide bonds. The molecule has 3 aromatic rings. The first kappa shape index (κ1) is 23.5. The van der Waals surface area contributed by atoms with E-state index in [2.05, 4.69) is 34.1 Å². The number of ether oxygens (including phenoxy) is 2. The highest BCUT2D eigenvalue weighted by molar-refractivity contribution is 5.95. The molecular formula is C28H31N3O4. The number of hydrogen-bond donors (Lipinski definition) is 1. The van der Waals surface area contributed by atoms with E-state index in [9.17, 15) is 9.90 Å². The summed E-state index contributed by atoms with van der Waals surface area (Å²) in [6, 6.07) is 20.2. The van der Waals surface area contributed by atoms with Crippen LogP contribution in [-0.4, -0.2) is 71.4 Å². The molecule has 0 aliphatic carbocycles. The number of fused-ring (bicyclic) bond motifs is 3. The average molecular weight is 474 g/mol. The molecular weight excluding hydrogens is 442 g/mol. The number of rotatable bonds is 3. The van der Waals surface area contributed by atoms with E-state index in [1.165, 1.54) is 11.1 Å². The molecule has 0 spiro atoms. The summed E-state index contributed by atoms with van der Waals surface area (Å²) in [6.07, 6.45) is 2.07. The number of pyridine rings is 1. The molecule has 0 atom stereocenters. The summed E-state index contributed by atoms with van der Waals surface area (Å²) in [6.45, 7) is 4.68. The van der Waals surface area contributed by atoms with Crippen LogP contribution >= 0.6 is 0 Å². The summed E-state index contributed by atoms with van der Waals surface area (Å²) >= 11 is 0. The van der Waals surface area contributed by atoms with E-state index in [0.29, 0.717) is 44.9 Å². The van der Waals surface area contributed by atoms with E-state index < -0.39 is 6.10 Å². The van der Waals surface area contributed by atoms with Gasteiger partial charge in [-0.05, 0) is 47.0 Å². The van der Waals surface area contributed by atoms with Gasteiger partial charge in [-0.15, -0.1) is 0 Å². The fraction of sp³-hybridized carbons (Fsp3) is 0.357. The molecule has 0 unspecified atom stereocenters. The van der Waals surface area contributed by atoms with Gasteiger partial charge in [-0.3, -0.25) is 14.7 Å². The largest absolute Gasteiger partial charge is 0.491 e. The van der Waals surface area contributed by atoms with E-state index in [4.69, 9.17) is 9.47 Å². The summed E-state index contributed by atoms with van der Waals surface area (Å²) < 4.78 is 11.9. The van der Waals surface area contributed by atoms with Gasteiger partial charge in [0.25, 0.3) is 5.91 Å². The minimum absolute atomic E-state index is 0.0558. The van der Waals surface area contributed by atoms with Crippen LogP contribution in [0, 0.1) is 0 Å². The molecule has 7 heteroatoms. The topological polar surface area (TPSA) is 75.1 Å². The fourth-order valence-electron chi connectivity index (χ4n) is 4.55. The van der Waals surface area contributed by atoms with Gasteiger partial charge in [-0.25, -0.2) is 0 Å². The van der Waals surface area contributed by atoms with Gasteiger partial charge in [0.15, 0.2) is 0 Å². The fourth-order valence-corrected chi connectivity index (χ4v) is 4.55. The van der Waals surface area contributed by atoms with Crippen molar-refractivity contribution in [2.24, 2.45) is 0 Å². The molecule has 1 N–H and O–H groups in total. The summed E-state index contributed by atoms with van der Waals surface area (Å²) in [5, 5.41) is 9.57. The Kier molecular flexibility index (Phi) is 7.37. The highest BCUT2D eigenvalue weighted by atomic mass is 16.5. The Morgan fingerprint density at radius 2 is 1.89 bits per heavy atom. The maximum absolute atomic E-state index is 12.8. The number of aliphatic hydroxyl groups is 1. The van der Waals surface area contributed by atoms with E-state index in [-0.39, 0.29) is 5.91 Å². The number of nitrogens with zero attached hydrogens (tertiary/aromatic N) is 3. The van der Waals surface area contributed by atoms with Gasteiger partial charge in [0, 0.05) is 50.9 Å². The minimum atomic E-state index is -0.417. The Morgan fingerprint density at radius 3 is 2.71 bits per heavy atom. The molecule has 7 nitrogen and oxygen atoms in total. The van der Waals surface area contributed by atoms with Gasteiger partial charge in [0.2, 0.25) is 0 Å². The zero-order valence-electron chi connectivity index (χ0n) is 19.8. The van der Waals surface area contributed by atoms with E-state index in [1.807, 2.05) is 42.6 Å². The molecule has 2 aromatic carbocycles. The summed E-state index contributed by atoms with van der Waals surface area (Å²) in [5.41, 5.74) is 5.02. The van der Waals surface area contributed by atoms with Crippen molar-refractivity contribution >= 4 is 5.91 Å². The van der Waals surface area contributed by atoms with Gasteiger partial charge in [0.05, 0.1) is 25.0 Å². The molecule has 5 rings (SSSR count). The first-order valence-electron chi connectivity index (χ1n) is 12.1. The van der Waals surface area contributed by atoms with Crippen LogP contribution in [-0.2, 0) is 24.2 Å². The number of hydrogen-bond acceptors (Lipinski definition) is 6. The molecule has 3 heterocycles. The van der Waals surface area contributed by atoms with Crippen molar-refractivity contribution in [2.45, 2.75) is 25.6 Å². The van der Waals surface area contributed by atoms with Crippen LogP contribution in [0.15, 0.2) is 66.9 Å². The summed E-state index contributed by atoms with van der Waals surface area (Å²) in [5.74, 6) is 0.716. The zero-order chi connectivity index (χ0) is 24.0. The lowest BCUT2D eigenvalue weighted by Gasteiger charge is -2.36. The van der Waals surface area contributed by atoms with Crippen molar-refractivity contribution in [3.63, 3.8) is 0 Å². The molecule has 1 fully saturated rings. The first-order valence-corrected chi connectivity index (χ1v) is 12.1. The minimum Gasteiger partial charge on any atom is -0.491 e. The molecule has 0 radical (unpaired) electrons. The van der Waals surface area contributed by atoms with Gasteiger partial charge < -0.3 is 19.5 Å². The van der Waals surface area contributed by atoms with Gasteiger partial charge in [-0.2, -0.15) is 0 Å². The lowest BCUT2D eigenvalue weighted by Crippen LogP contribution is -2.53. The summed E-state index contributed by atoms with van der Waals surface area (Å²) in [4.78, 5) is 21.3. The van der Waals surface area contributed by atoms with Crippen molar-refractivity contribution in [3.05, 3.63) is 94.8 Å². The Morgan fingerprint density at radius 1 is 1.00 bits per heavy atom. The Balaban J connectivity index is 1.38. The third-order valence-corrected chi connectivity index (χ3v) is 6.40. The van der Waals surface area contributed by atoms with Crippen LogP contribution in [0.4, 0.5) is 0 Å². The number of benzene rings is 2. The van der Waals surface area contributed by atoms with Crippen molar-refractivity contribution in [1.82, 2.24) is 14.8 Å². The smallest absolute Gasteiger partial charge is 0.254 e. The summed E-state index contributed by atoms with van der Waals surface area (Å²) in [7, 11) is 0. The number of carbonyl (C=O) groups is 1. The van der Waals surface area contributed by atoms with Crippen LogP contribution < -0.4 is 4.74 Å². The Bertz CT molecular complexity index is 1150. The lowest BCUT2D eigenvalue weighted by molar-refractivity contribution is 0.00588. The third-order valence-electron chi connectivity index (χ3n) is 6.40. The molecule has 1 aromatic heterocycles. The number of aliphatic hydroxyl groups excluding tert-OH is 1. The Hall–Kier alpha value is -3.26. The van der Waals surface area contributed by atoms with Crippen molar-refractivity contribution in [2.75, 3.05) is 39.5 Å². The number of aromatic nitrogens is 1. The average Bonchev–Trinajstić information content (AvgIpc) is 2.85. The SMILES string of the molecule is O=C(c1ccc2c(c1)Cc1cccc(c1)CN(Cc1ccccn1)CCOCCO2)N1CC(O)C1.